The molecule has 0 radical (unpaired) electrons. The molecule has 4 aliphatic carbocycles. The summed E-state index contributed by atoms with van der Waals surface area (Å²) in [6.07, 6.45) is 8.20. The number of fused-ring (bicyclic) bond motifs is 3. The number of hydrogen-bond donors (Lipinski definition) is 0. The Balaban J connectivity index is 1.87. The molecule has 0 aromatic heterocycles. The second-order valence-corrected chi connectivity index (χ2v) is 7.08. The number of benzene rings is 2. The van der Waals surface area contributed by atoms with Crippen molar-refractivity contribution in [1.29, 1.82) is 10.5 Å². The maximum absolute atomic E-state index is 9.30. The summed E-state index contributed by atoms with van der Waals surface area (Å²) < 4.78 is 0. The maximum atomic E-state index is 9.30. The van der Waals surface area contributed by atoms with Crippen LogP contribution in [0.2, 0.25) is 0 Å². The lowest BCUT2D eigenvalue weighted by Crippen LogP contribution is -2.27. The molecular formula is C24H14N4. The third kappa shape index (κ3) is 1.98. The van der Waals surface area contributed by atoms with Gasteiger partial charge in [-0.05, 0) is 34.4 Å². The Morgan fingerprint density at radius 3 is 1.54 bits per heavy atom. The van der Waals surface area contributed by atoms with Crippen LogP contribution in [0.1, 0.15) is 45.2 Å². The molecule has 0 aliphatic heterocycles. The minimum Gasteiger partial charge on any atom is -0.172 e. The van der Waals surface area contributed by atoms with Gasteiger partial charge >= 0.3 is 0 Å². The number of rotatable bonds is 0. The van der Waals surface area contributed by atoms with Crippen LogP contribution in [-0.4, -0.2) is 11.4 Å². The monoisotopic (exact) mass is 358 g/mol. The van der Waals surface area contributed by atoms with E-state index < -0.39 is 0 Å². The molecule has 4 nitrogen and oxygen atoms in total. The van der Waals surface area contributed by atoms with E-state index in [1.807, 2.05) is 36.7 Å². The lowest BCUT2D eigenvalue weighted by atomic mass is 9.65. The first-order valence-electron chi connectivity index (χ1n) is 8.94. The number of hydrogen-bond acceptors (Lipinski definition) is 4. The van der Waals surface area contributed by atoms with Crippen molar-refractivity contribution in [2.24, 2.45) is 9.98 Å². The average molecular weight is 358 g/mol. The molecule has 0 amide bonds. The van der Waals surface area contributed by atoms with E-state index in [4.69, 9.17) is 0 Å². The molecule has 0 spiro atoms. The van der Waals surface area contributed by atoms with Gasteiger partial charge in [0.2, 0.25) is 12.4 Å². The van der Waals surface area contributed by atoms with Gasteiger partial charge in [-0.25, -0.2) is 0 Å². The fourth-order valence-electron chi connectivity index (χ4n) is 4.53. The molecule has 2 atom stereocenters. The van der Waals surface area contributed by atoms with Gasteiger partial charge in [0.15, 0.2) is 0 Å². The Labute approximate surface area is 162 Å². The largest absolute Gasteiger partial charge is 0.206 e. The lowest BCUT2D eigenvalue weighted by molar-refractivity contribution is 0.800. The highest BCUT2D eigenvalue weighted by molar-refractivity contribution is 6.32. The zero-order chi connectivity index (χ0) is 19.4. The highest BCUT2D eigenvalue weighted by atomic mass is 14.8. The molecule has 0 saturated heterocycles. The Hall–Kier alpha value is -4.02. The van der Waals surface area contributed by atoms with Crippen molar-refractivity contribution in [3.05, 3.63) is 106 Å². The highest BCUT2D eigenvalue weighted by Crippen LogP contribution is 2.51. The molecule has 0 unspecified atom stereocenters. The molecular weight excluding hydrogens is 344 g/mol. The quantitative estimate of drug-likeness (QED) is 0.438. The van der Waals surface area contributed by atoms with Crippen molar-refractivity contribution in [1.82, 2.24) is 0 Å². The van der Waals surface area contributed by atoms with Crippen LogP contribution < -0.4 is 0 Å². The summed E-state index contributed by atoms with van der Waals surface area (Å²) in [6.45, 7) is 8.45. The standard InChI is InChI=1S/C24H14N4/c1-13-14(2)16-8-7-15(13)19-9-21-22(10-20(16)19)24(28-12-26)18-6-4-3-5-17(18)23(21)27-11-25/h3-10,15-16H,1-2H2/t15-,16+. The van der Waals surface area contributed by atoms with Crippen molar-refractivity contribution >= 4 is 11.4 Å². The third-order valence-corrected chi connectivity index (χ3v) is 5.82. The number of nitrogens with zero attached hydrogens (tertiary/aromatic N) is 4. The van der Waals surface area contributed by atoms with Crippen LogP contribution in [0.4, 0.5) is 0 Å². The predicted octanol–water partition coefficient (Wildman–Crippen LogP) is 4.50. The topological polar surface area (TPSA) is 72.3 Å². The summed E-state index contributed by atoms with van der Waals surface area (Å²) in [5.41, 5.74) is 8.87. The van der Waals surface area contributed by atoms with Crippen molar-refractivity contribution in [3.63, 3.8) is 0 Å². The molecule has 28 heavy (non-hydrogen) atoms. The van der Waals surface area contributed by atoms with E-state index in [1.54, 1.807) is 0 Å². The summed E-state index contributed by atoms with van der Waals surface area (Å²) in [5.74, 6) is 0.157. The van der Waals surface area contributed by atoms with E-state index in [0.29, 0.717) is 11.4 Å². The third-order valence-electron chi connectivity index (χ3n) is 5.82. The van der Waals surface area contributed by atoms with Gasteiger partial charge in [0.1, 0.15) is 0 Å². The summed E-state index contributed by atoms with van der Waals surface area (Å²) in [6, 6.07) is 11.8. The van der Waals surface area contributed by atoms with E-state index in [1.165, 1.54) is 0 Å². The Kier molecular flexibility index (Phi) is 3.32. The summed E-state index contributed by atoms with van der Waals surface area (Å²) in [5, 5.41) is 18.6. The molecule has 2 aromatic carbocycles. The predicted molar refractivity (Wildman–Crippen MR) is 108 cm³/mol. The normalized spacial score (nSPS) is 23.8. The molecule has 0 fully saturated rings. The van der Waals surface area contributed by atoms with Crippen LogP contribution >= 0.6 is 0 Å². The minimum absolute atomic E-state index is 0.0784. The average Bonchev–Trinajstić information content (AvgIpc) is 2.72. The fourth-order valence-corrected chi connectivity index (χ4v) is 4.53. The molecule has 2 bridgehead atoms. The first-order valence-corrected chi connectivity index (χ1v) is 8.94. The van der Waals surface area contributed by atoms with E-state index in [-0.39, 0.29) is 11.8 Å². The second kappa shape index (κ2) is 5.74. The van der Waals surface area contributed by atoms with Crippen LogP contribution in [0.25, 0.3) is 0 Å². The first kappa shape index (κ1) is 16.2. The van der Waals surface area contributed by atoms with Gasteiger partial charge < -0.3 is 0 Å². The van der Waals surface area contributed by atoms with Crippen LogP contribution in [-0.2, 0) is 0 Å². The molecule has 130 valence electrons. The van der Waals surface area contributed by atoms with Crippen molar-refractivity contribution < 1.29 is 0 Å². The fraction of sp³-hybridized carbons (Fsp3) is 0.0833. The second-order valence-electron chi connectivity index (χ2n) is 7.08. The lowest BCUT2D eigenvalue weighted by Gasteiger charge is -2.38. The van der Waals surface area contributed by atoms with E-state index in [2.05, 4.69) is 47.4 Å². The Morgan fingerprint density at radius 2 is 1.14 bits per heavy atom. The number of nitriles is 2. The molecule has 4 aliphatic rings. The summed E-state index contributed by atoms with van der Waals surface area (Å²) in [4.78, 5) is 8.26. The van der Waals surface area contributed by atoms with Crippen LogP contribution in [0.3, 0.4) is 0 Å². The van der Waals surface area contributed by atoms with Gasteiger partial charge in [0.05, 0.1) is 11.4 Å². The maximum Gasteiger partial charge on any atom is 0.206 e. The van der Waals surface area contributed by atoms with Gasteiger partial charge in [-0.15, -0.1) is 0 Å². The number of allylic oxidation sites excluding steroid dienone is 4. The molecule has 0 N–H and O–H groups in total. The first-order chi connectivity index (χ1) is 13.7. The highest BCUT2D eigenvalue weighted by Gasteiger charge is 2.37. The van der Waals surface area contributed by atoms with Crippen molar-refractivity contribution in [2.75, 3.05) is 0 Å². The Bertz CT molecular complexity index is 1180. The van der Waals surface area contributed by atoms with Gasteiger partial charge in [-0.3, -0.25) is 0 Å². The zero-order valence-corrected chi connectivity index (χ0v) is 15.0. The number of aliphatic imine (C=N–C) groups is 2. The van der Waals surface area contributed by atoms with E-state index >= 15 is 0 Å². The summed E-state index contributed by atoms with van der Waals surface area (Å²) in [7, 11) is 0. The van der Waals surface area contributed by atoms with Crippen LogP contribution in [0.15, 0.2) is 82.8 Å². The van der Waals surface area contributed by atoms with Gasteiger partial charge in [-0.1, -0.05) is 49.6 Å². The Morgan fingerprint density at radius 1 is 0.714 bits per heavy atom. The van der Waals surface area contributed by atoms with Crippen molar-refractivity contribution in [3.8, 4) is 12.4 Å². The smallest absolute Gasteiger partial charge is 0.172 e. The van der Waals surface area contributed by atoms with Gasteiger partial charge in [-0.2, -0.15) is 20.5 Å². The SMILES string of the molecule is C=C1C(=C)[C@@H]2C=C[C@H]1c1cc3c(cc12)C(=NC#N)c1ccccc1C3=NC#N. The van der Waals surface area contributed by atoms with E-state index in [0.717, 1.165) is 44.5 Å². The van der Waals surface area contributed by atoms with Gasteiger partial charge in [0.25, 0.3) is 0 Å². The van der Waals surface area contributed by atoms with Crippen LogP contribution in [0, 0.1) is 22.9 Å². The summed E-state index contributed by atoms with van der Waals surface area (Å²) >= 11 is 0. The molecule has 2 aromatic rings. The molecule has 0 saturated carbocycles. The minimum atomic E-state index is 0.0784. The van der Waals surface area contributed by atoms with Gasteiger partial charge in [0, 0.05) is 34.1 Å². The molecule has 6 rings (SSSR count). The molecule has 0 heterocycles. The van der Waals surface area contributed by atoms with Crippen LogP contribution in [0.5, 0.6) is 0 Å². The zero-order valence-electron chi connectivity index (χ0n) is 15.0. The van der Waals surface area contributed by atoms with Crippen molar-refractivity contribution in [2.45, 2.75) is 11.8 Å². The molecule has 4 heteroatoms. The van der Waals surface area contributed by atoms with E-state index in [9.17, 15) is 10.5 Å².